The normalized spacial score (nSPS) is 11.2. The van der Waals surface area contributed by atoms with E-state index < -0.39 is 10.4 Å². The van der Waals surface area contributed by atoms with Crippen molar-refractivity contribution in [1.29, 1.82) is 0 Å². The van der Waals surface area contributed by atoms with Gasteiger partial charge in [-0.2, -0.15) is 8.42 Å². The molecule has 0 aliphatic heterocycles. The van der Waals surface area contributed by atoms with Crippen molar-refractivity contribution in [1.82, 2.24) is 0 Å². The first-order valence-electron chi connectivity index (χ1n) is 5.22. The smallest absolute Gasteiger partial charge is 0.397 e. The molecule has 0 aromatic heterocycles. The Kier molecular flexibility index (Phi) is 9.73. The lowest BCUT2D eigenvalue weighted by molar-refractivity contribution is -0.907. The average molecular weight is 284 g/mol. The number of hydrogen-bond donors (Lipinski definition) is 1. The molecule has 0 spiro atoms. The Labute approximate surface area is 109 Å². The lowest BCUT2D eigenvalue weighted by atomic mass is 10.4. The van der Waals surface area contributed by atoms with Crippen LogP contribution in [0.1, 0.15) is 13.3 Å². The molecule has 0 aromatic rings. The van der Waals surface area contributed by atoms with Crippen LogP contribution in [-0.2, 0) is 24.1 Å². The van der Waals surface area contributed by atoms with Crippen LogP contribution in [0.25, 0.3) is 0 Å². The minimum atomic E-state index is -4.16. The Hall–Kier alpha value is -0.960. The summed E-state index contributed by atoms with van der Waals surface area (Å²) in [5, 5.41) is 0. The van der Waals surface area contributed by atoms with Crippen molar-refractivity contribution in [2.24, 2.45) is 0 Å². The zero-order valence-electron chi connectivity index (χ0n) is 11.2. The second kappa shape index (κ2) is 9.03. The molecule has 0 heterocycles. The van der Waals surface area contributed by atoms with E-state index in [2.05, 4.69) is 17.7 Å². The first-order valence-corrected chi connectivity index (χ1v) is 6.58. The molecule has 0 atom stereocenters. The molecule has 0 rings (SSSR count). The zero-order valence-corrected chi connectivity index (χ0v) is 12.1. The number of carbonyl (C=O) groups is 1. The molecule has 0 aliphatic carbocycles. The van der Waals surface area contributed by atoms with E-state index in [0.717, 1.165) is 20.1 Å². The summed E-state index contributed by atoms with van der Waals surface area (Å²) in [5.41, 5.74) is 0. The van der Waals surface area contributed by atoms with Crippen LogP contribution < -0.4 is 0 Å². The third-order valence-corrected chi connectivity index (χ3v) is 2.18. The summed E-state index contributed by atoms with van der Waals surface area (Å²) in [6.07, 6.45) is 2.27. The van der Waals surface area contributed by atoms with E-state index in [1.54, 1.807) is 0 Å². The second-order valence-electron chi connectivity index (χ2n) is 4.05. The Morgan fingerprint density at radius 3 is 2.17 bits per heavy atom. The van der Waals surface area contributed by atoms with E-state index in [1.807, 2.05) is 14.1 Å². The molecule has 0 aliphatic rings. The van der Waals surface area contributed by atoms with Crippen molar-refractivity contribution in [3.05, 3.63) is 12.7 Å². The molecule has 1 N–H and O–H groups in total. The number of esters is 1. The van der Waals surface area contributed by atoms with Crippen molar-refractivity contribution >= 4 is 16.4 Å². The van der Waals surface area contributed by atoms with Gasteiger partial charge in [0.1, 0.15) is 0 Å². The quantitative estimate of drug-likeness (QED) is 0.252. The van der Waals surface area contributed by atoms with Crippen molar-refractivity contribution in [2.75, 3.05) is 34.5 Å². The molecular weight excluding hydrogens is 262 g/mol. The fraction of sp³-hybridized carbons (Fsp3) is 0.700. The zero-order chi connectivity index (χ0) is 14.8. The fourth-order valence-electron chi connectivity index (χ4n) is 0.967. The van der Waals surface area contributed by atoms with E-state index in [9.17, 15) is 13.2 Å². The molecular formula is C10H22NO6S+. The maximum atomic E-state index is 10.7. The Bertz CT molecular complexity index is 349. The van der Waals surface area contributed by atoms with Gasteiger partial charge in [0.15, 0.2) is 0 Å². The van der Waals surface area contributed by atoms with Crippen molar-refractivity contribution < 1.29 is 31.2 Å². The molecule has 0 bridgehead atoms. The van der Waals surface area contributed by atoms with E-state index in [0.29, 0.717) is 11.2 Å². The van der Waals surface area contributed by atoms with Gasteiger partial charge >= 0.3 is 16.4 Å². The van der Waals surface area contributed by atoms with Gasteiger partial charge in [-0.1, -0.05) is 13.5 Å². The number of carbonyl (C=O) groups excluding carboxylic acids is 1. The van der Waals surface area contributed by atoms with Crippen LogP contribution in [0.4, 0.5) is 0 Å². The lowest BCUT2D eigenvalue weighted by Gasteiger charge is -2.27. The van der Waals surface area contributed by atoms with Gasteiger partial charge in [0, 0.05) is 6.08 Å². The van der Waals surface area contributed by atoms with Crippen LogP contribution in [0.15, 0.2) is 12.7 Å². The monoisotopic (exact) mass is 284 g/mol. The van der Waals surface area contributed by atoms with Crippen LogP contribution in [-0.4, -0.2) is 57.9 Å². The molecule has 0 saturated heterocycles. The molecule has 0 unspecified atom stereocenters. The SMILES string of the molecule is C=CC(=O)OC[N+](C)(C)CCC.COS(=O)(=O)O. The van der Waals surface area contributed by atoms with E-state index >= 15 is 0 Å². The third-order valence-electron chi connectivity index (χ3n) is 1.76. The topological polar surface area (TPSA) is 89.9 Å². The minimum absolute atomic E-state index is 0.350. The van der Waals surface area contributed by atoms with Crippen LogP contribution in [0.2, 0.25) is 0 Å². The highest BCUT2D eigenvalue weighted by Crippen LogP contribution is 1.99. The predicted octanol–water partition coefficient (Wildman–Crippen LogP) is 0.595. The van der Waals surface area contributed by atoms with Crippen LogP contribution in [0, 0.1) is 0 Å². The maximum absolute atomic E-state index is 10.7. The molecule has 108 valence electrons. The molecule has 7 nitrogen and oxygen atoms in total. The van der Waals surface area contributed by atoms with Gasteiger partial charge in [-0.3, -0.25) is 13.2 Å². The van der Waals surface area contributed by atoms with E-state index in [-0.39, 0.29) is 5.97 Å². The summed E-state index contributed by atoms with van der Waals surface area (Å²) in [4.78, 5) is 10.7. The highest BCUT2D eigenvalue weighted by molar-refractivity contribution is 7.80. The van der Waals surface area contributed by atoms with Crippen molar-refractivity contribution in [2.45, 2.75) is 13.3 Å². The standard InChI is InChI=1S/C9H18NO2.CH4O4S/c1-5-7-10(3,4)8-12-9(11)6-2;1-5-6(2,3)4/h6H,2,5,7-8H2,1,3-4H3;1H3,(H,2,3,4)/q+1;. The first-order chi connectivity index (χ1) is 8.08. The maximum Gasteiger partial charge on any atom is 0.397 e. The first kappa shape index (κ1) is 19.4. The molecule has 0 amide bonds. The predicted molar refractivity (Wildman–Crippen MR) is 67.0 cm³/mol. The Morgan fingerprint density at radius 1 is 1.44 bits per heavy atom. The van der Waals surface area contributed by atoms with Crippen LogP contribution in [0.3, 0.4) is 0 Å². The molecule has 8 heteroatoms. The molecule has 0 radical (unpaired) electrons. The molecule has 18 heavy (non-hydrogen) atoms. The molecule has 0 aromatic carbocycles. The average Bonchev–Trinajstić information content (AvgIpc) is 2.26. The van der Waals surface area contributed by atoms with Gasteiger partial charge in [0.2, 0.25) is 6.73 Å². The van der Waals surface area contributed by atoms with Gasteiger partial charge in [-0.15, -0.1) is 0 Å². The van der Waals surface area contributed by atoms with E-state index in [4.69, 9.17) is 9.29 Å². The van der Waals surface area contributed by atoms with Gasteiger partial charge in [0.25, 0.3) is 0 Å². The number of rotatable bonds is 6. The third kappa shape index (κ3) is 15.0. The molecule has 0 saturated carbocycles. The van der Waals surface area contributed by atoms with Crippen LogP contribution >= 0.6 is 0 Å². The lowest BCUT2D eigenvalue weighted by Crippen LogP contribution is -2.42. The Balaban J connectivity index is 0. The van der Waals surface area contributed by atoms with Gasteiger partial charge in [-0.05, 0) is 6.42 Å². The molecule has 0 fully saturated rings. The summed E-state index contributed by atoms with van der Waals surface area (Å²) in [5.74, 6) is -0.350. The number of hydrogen-bond acceptors (Lipinski definition) is 5. The van der Waals surface area contributed by atoms with Gasteiger partial charge in [-0.25, -0.2) is 4.79 Å². The Morgan fingerprint density at radius 2 is 1.89 bits per heavy atom. The second-order valence-corrected chi connectivity index (χ2v) is 5.24. The summed E-state index contributed by atoms with van der Waals surface area (Å²) in [6.45, 7) is 6.85. The minimum Gasteiger partial charge on any atom is -0.412 e. The van der Waals surface area contributed by atoms with Crippen molar-refractivity contribution in [3.63, 3.8) is 0 Å². The highest BCUT2D eigenvalue weighted by atomic mass is 32.3. The summed E-state index contributed by atoms with van der Waals surface area (Å²) in [6, 6.07) is 0. The number of nitrogens with zero attached hydrogens (tertiary/aromatic N) is 1. The van der Waals surface area contributed by atoms with Gasteiger partial charge < -0.3 is 4.74 Å². The number of ether oxygens (including phenoxy) is 1. The summed E-state index contributed by atoms with van der Waals surface area (Å²) >= 11 is 0. The summed E-state index contributed by atoms with van der Waals surface area (Å²) < 4.78 is 35.3. The summed E-state index contributed by atoms with van der Waals surface area (Å²) in [7, 11) is 0.764. The number of quaternary nitrogens is 1. The van der Waals surface area contributed by atoms with Crippen LogP contribution in [0.5, 0.6) is 0 Å². The fourth-order valence-corrected chi connectivity index (χ4v) is 0.967. The van der Waals surface area contributed by atoms with Crippen molar-refractivity contribution in [3.8, 4) is 0 Å². The van der Waals surface area contributed by atoms with E-state index in [1.165, 1.54) is 6.08 Å². The van der Waals surface area contributed by atoms with Gasteiger partial charge in [0.05, 0.1) is 27.7 Å². The largest absolute Gasteiger partial charge is 0.412 e. The highest BCUT2D eigenvalue weighted by Gasteiger charge is 2.14.